The average Bonchev–Trinajstić information content (AvgIpc) is 3.39. The highest BCUT2D eigenvalue weighted by molar-refractivity contribution is 7.10. The van der Waals surface area contributed by atoms with Crippen LogP contribution in [0.1, 0.15) is 33.2 Å². The first-order valence-corrected chi connectivity index (χ1v) is 13.5. The topological polar surface area (TPSA) is 53.1 Å². The number of ether oxygens (including phenoxy) is 1. The standard InChI is InChI=1S/C29H33N3O3S/c1-22-7-5-6-10-24(22)29-25-12-18-36-26(25)11-13-32(29)19-27(33)30-14-16-31(17-15-30)28(34)21-35-20-23-8-3-2-4-9-23/h2-10,12,18,29H,11,13-17,19-21H2,1H3. The third-order valence-corrected chi connectivity index (χ3v) is 8.21. The van der Waals surface area contributed by atoms with Gasteiger partial charge in [-0.3, -0.25) is 14.5 Å². The molecule has 0 radical (unpaired) electrons. The van der Waals surface area contributed by atoms with Crippen molar-refractivity contribution >= 4 is 23.2 Å². The van der Waals surface area contributed by atoms with Crippen molar-refractivity contribution in [1.82, 2.24) is 14.7 Å². The largest absolute Gasteiger partial charge is 0.367 e. The number of rotatable bonds is 7. The Bertz CT molecular complexity index is 1190. The first-order valence-electron chi connectivity index (χ1n) is 12.6. The van der Waals surface area contributed by atoms with Crippen molar-refractivity contribution in [2.24, 2.45) is 0 Å². The van der Waals surface area contributed by atoms with Crippen molar-refractivity contribution in [2.75, 3.05) is 45.9 Å². The Morgan fingerprint density at radius 3 is 2.31 bits per heavy atom. The fourth-order valence-electron chi connectivity index (χ4n) is 5.20. The van der Waals surface area contributed by atoms with Crippen molar-refractivity contribution in [3.8, 4) is 0 Å². The number of carbonyl (C=O) groups excluding carboxylic acids is 2. The Morgan fingerprint density at radius 1 is 0.861 bits per heavy atom. The highest BCUT2D eigenvalue weighted by Gasteiger charge is 2.33. The normalized spacial score (nSPS) is 18.2. The summed E-state index contributed by atoms with van der Waals surface area (Å²) in [6.45, 7) is 6.14. The van der Waals surface area contributed by atoms with E-state index >= 15 is 0 Å². The molecule has 2 amide bonds. The smallest absolute Gasteiger partial charge is 0.248 e. The zero-order chi connectivity index (χ0) is 24.9. The lowest BCUT2D eigenvalue weighted by molar-refractivity contribution is -0.143. The molecule has 7 heteroatoms. The summed E-state index contributed by atoms with van der Waals surface area (Å²) in [4.78, 5) is 33.4. The SMILES string of the molecule is Cc1ccccc1C1c2ccsc2CCN1CC(=O)N1CCN(C(=O)COCc2ccccc2)CC1. The van der Waals surface area contributed by atoms with Gasteiger partial charge in [0.2, 0.25) is 11.8 Å². The monoisotopic (exact) mass is 503 g/mol. The zero-order valence-corrected chi connectivity index (χ0v) is 21.6. The number of fused-ring (bicyclic) bond motifs is 1. The number of benzene rings is 2. The summed E-state index contributed by atoms with van der Waals surface area (Å²) >= 11 is 1.82. The first-order chi connectivity index (χ1) is 17.6. The number of carbonyl (C=O) groups is 2. The Morgan fingerprint density at radius 2 is 1.56 bits per heavy atom. The molecule has 1 aromatic heterocycles. The van der Waals surface area contributed by atoms with Crippen LogP contribution >= 0.6 is 11.3 Å². The molecule has 0 saturated carbocycles. The Kier molecular flexibility index (Phi) is 7.80. The molecule has 1 fully saturated rings. The predicted molar refractivity (Wildman–Crippen MR) is 142 cm³/mol. The molecule has 3 aromatic rings. The second-order valence-corrected chi connectivity index (χ2v) is 10.5. The predicted octanol–water partition coefficient (Wildman–Crippen LogP) is 3.89. The van der Waals surface area contributed by atoms with E-state index < -0.39 is 0 Å². The molecule has 2 aliphatic rings. The van der Waals surface area contributed by atoms with E-state index in [-0.39, 0.29) is 24.5 Å². The summed E-state index contributed by atoms with van der Waals surface area (Å²) < 4.78 is 5.62. The Hall–Kier alpha value is -3.00. The second-order valence-electron chi connectivity index (χ2n) is 9.52. The summed E-state index contributed by atoms with van der Waals surface area (Å²) in [6, 6.07) is 20.7. The first kappa shape index (κ1) is 24.7. The van der Waals surface area contributed by atoms with Crippen LogP contribution in [0.25, 0.3) is 0 Å². The van der Waals surface area contributed by atoms with Crippen molar-refractivity contribution < 1.29 is 14.3 Å². The van der Waals surface area contributed by atoms with Crippen molar-refractivity contribution in [3.05, 3.63) is 93.2 Å². The van der Waals surface area contributed by atoms with Gasteiger partial charge in [-0.2, -0.15) is 0 Å². The number of nitrogens with zero attached hydrogens (tertiary/aromatic N) is 3. The quantitative estimate of drug-likeness (QED) is 0.491. The van der Waals surface area contributed by atoms with Gasteiger partial charge in [-0.25, -0.2) is 0 Å². The molecule has 188 valence electrons. The van der Waals surface area contributed by atoms with Gasteiger partial charge in [-0.15, -0.1) is 11.3 Å². The summed E-state index contributed by atoms with van der Waals surface area (Å²) in [7, 11) is 0. The highest BCUT2D eigenvalue weighted by atomic mass is 32.1. The minimum Gasteiger partial charge on any atom is -0.367 e. The highest BCUT2D eigenvalue weighted by Crippen LogP contribution is 2.38. The van der Waals surface area contributed by atoms with Crippen LogP contribution in [0.4, 0.5) is 0 Å². The molecular formula is C29H33N3O3S. The van der Waals surface area contributed by atoms with Gasteiger partial charge < -0.3 is 14.5 Å². The molecule has 0 spiro atoms. The third kappa shape index (κ3) is 5.53. The van der Waals surface area contributed by atoms with Gasteiger partial charge in [-0.05, 0) is 47.0 Å². The van der Waals surface area contributed by atoms with Crippen LogP contribution in [0.2, 0.25) is 0 Å². The molecule has 6 nitrogen and oxygen atoms in total. The van der Waals surface area contributed by atoms with E-state index in [4.69, 9.17) is 4.74 Å². The molecule has 2 aliphatic heterocycles. The zero-order valence-electron chi connectivity index (χ0n) is 20.8. The van der Waals surface area contributed by atoms with Gasteiger partial charge >= 0.3 is 0 Å². The van der Waals surface area contributed by atoms with Gasteiger partial charge in [0, 0.05) is 37.6 Å². The van der Waals surface area contributed by atoms with Gasteiger partial charge in [0.05, 0.1) is 19.2 Å². The molecule has 1 unspecified atom stereocenters. The number of aryl methyl sites for hydroxylation is 1. The number of hydrogen-bond donors (Lipinski definition) is 0. The molecule has 36 heavy (non-hydrogen) atoms. The average molecular weight is 504 g/mol. The summed E-state index contributed by atoms with van der Waals surface area (Å²) in [5.74, 6) is 0.123. The van der Waals surface area contributed by atoms with E-state index in [2.05, 4.69) is 47.5 Å². The van der Waals surface area contributed by atoms with Gasteiger partial charge in [0.25, 0.3) is 0 Å². The minimum atomic E-state index is -0.0151. The van der Waals surface area contributed by atoms with Gasteiger partial charge in [0.15, 0.2) is 0 Å². The van der Waals surface area contributed by atoms with Crippen LogP contribution in [0.15, 0.2) is 66.0 Å². The van der Waals surface area contributed by atoms with E-state index in [0.717, 1.165) is 18.5 Å². The number of amides is 2. The van der Waals surface area contributed by atoms with Crippen LogP contribution < -0.4 is 0 Å². The van der Waals surface area contributed by atoms with E-state index in [1.54, 1.807) is 0 Å². The van der Waals surface area contributed by atoms with E-state index in [1.165, 1.54) is 21.6 Å². The summed E-state index contributed by atoms with van der Waals surface area (Å²) in [5.41, 5.74) is 4.91. The maximum absolute atomic E-state index is 13.3. The van der Waals surface area contributed by atoms with Crippen LogP contribution in [0.5, 0.6) is 0 Å². The third-order valence-electron chi connectivity index (χ3n) is 7.21. The van der Waals surface area contributed by atoms with E-state index in [1.807, 2.05) is 51.5 Å². The molecule has 0 N–H and O–H groups in total. The molecule has 0 aliphatic carbocycles. The molecule has 5 rings (SSSR count). The fraction of sp³-hybridized carbons (Fsp3) is 0.379. The van der Waals surface area contributed by atoms with Crippen LogP contribution in [0, 0.1) is 6.92 Å². The molecule has 3 heterocycles. The van der Waals surface area contributed by atoms with Crippen LogP contribution in [-0.4, -0.2) is 72.4 Å². The molecular weight excluding hydrogens is 470 g/mol. The molecule has 1 saturated heterocycles. The lowest BCUT2D eigenvalue weighted by Crippen LogP contribution is -2.53. The van der Waals surface area contributed by atoms with Crippen LogP contribution in [0.3, 0.4) is 0 Å². The lowest BCUT2D eigenvalue weighted by atomic mass is 9.90. The number of piperazine rings is 1. The minimum absolute atomic E-state index is 0.0151. The number of hydrogen-bond acceptors (Lipinski definition) is 5. The lowest BCUT2D eigenvalue weighted by Gasteiger charge is -2.39. The molecule has 0 bridgehead atoms. The van der Waals surface area contributed by atoms with Crippen molar-refractivity contribution in [2.45, 2.75) is 26.0 Å². The van der Waals surface area contributed by atoms with Crippen LogP contribution in [-0.2, 0) is 27.4 Å². The van der Waals surface area contributed by atoms with Crippen molar-refractivity contribution in [1.29, 1.82) is 0 Å². The van der Waals surface area contributed by atoms with Gasteiger partial charge in [-0.1, -0.05) is 54.6 Å². The molecule has 2 aromatic carbocycles. The van der Waals surface area contributed by atoms with Gasteiger partial charge in [0.1, 0.15) is 6.61 Å². The maximum Gasteiger partial charge on any atom is 0.248 e. The van der Waals surface area contributed by atoms with Crippen molar-refractivity contribution in [3.63, 3.8) is 0 Å². The Labute approximate surface area is 217 Å². The second kappa shape index (κ2) is 11.4. The molecule has 1 atom stereocenters. The van der Waals surface area contributed by atoms with E-state index in [9.17, 15) is 9.59 Å². The summed E-state index contributed by atoms with van der Waals surface area (Å²) in [5, 5.41) is 2.17. The fourth-order valence-corrected chi connectivity index (χ4v) is 6.10. The Balaban J connectivity index is 1.16. The van der Waals surface area contributed by atoms with E-state index in [0.29, 0.717) is 39.3 Å². The number of thiophene rings is 1. The maximum atomic E-state index is 13.3. The summed E-state index contributed by atoms with van der Waals surface area (Å²) in [6.07, 6.45) is 0.980.